The highest BCUT2D eigenvalue weighted by Crippen LogP contribution is 2.22. The molecule has 0 amide bonds. The number of hydrogen-bond donors (Lipinski definition) is 0. The summed E-state index contributed by atoms with van der Waals surface area (Å²) in [5, 5.41) is 0. The largest absolute Gasteiger partial charge is 0.454 e. The first-order chi connectivity index (χ1) is 12.9. The lowest BCUT2D eigenvalue weighted by molar-refractivity contribution is 0.0474. The van der Waals surface area contributed by atoms with Crippen molar-refractivity contribution in [3.63, 3.8) is 0 Å². The number of benzene rings is 2. The Bertz CT molecular complexity index is 968. The van der Waals surface area contributed by atoms with Crippen LogP contribution in [0.15, 0.2) is 57.9 Å². The van der Waals surface area contributed by atoms with Gasteiger partial charge in [-0.3, -0.25) is 4.79 Å². The van der Waals surface area contributed by atoms with Crippen LogP contribution in [0.3, 0.4) is 0 Å². The van der Waals surface area contributed by atoms with E-state index in [1.807, 2.05) is 0 Å². The van der Waals surface area contributed by atoms with E-state index in [4.69, 9.17) is 4.74 Å². The molecule has 2 aromatic carbocycles. The van der Waals surface area contributed by atoms with Gasteiger partial charge >= 0.3 is 5.97 Å². The van der Waals surface area contributed by atoms with Crippen LogP contribution in [-0.4, -0.2) is 44.2 Å². The standard InChI is InChI=1S/C19H18BrNO5S/c20-17-9-2-1-8-16(17)18(22)13-26-19(23)14-6-5-7-15(12-14)27(24,25)21-10-3-4-11-21/h1-2,5-9,12H,3-4,10-11,13H2. The molecular formula is C19H18BrNO5S. The van der Waals surface area contributed by atoms with E-state index < -0.39 is 22.6 Å². The highest BCUT2D eigenvalue weighted by atomic mass is 79.9. The van der Waals surface area contributed by atoms with Gasteiger partial charge in [0, 0.05) is 23.1 Å². The topological polar surface area (TPSA) is 80.8 Å². The Kier molecular flexibility index (Phi) is 6.08. The van der Waals surface area contributed by atoms with E-state index in [0.717, 1.165) is 12.8 Å². The third-order valence-electron chi connectivity index (χ3n) is 4.28. The highest BCUT2D eigenvalue weighted by Gasteiger charge is 2.27. The second-order valence-corrected chi connectivity index (χ2v) is 8.91. The fourth-order valence-electron chi connectivity index (χ4n) is 2.84. The normalized spacial score (nSPS) is 14.9. The molecule has 27 heavy (non-hydrogen) atoms. The highest BCUT2D eigenvalue weighted by molar-refractivity contribution is 9.10. The van der Waals surface area contributed by atoms with E-state index in [9.17, 15) is 18.0 Å². The molecule has 0 aromatic heterocycles. The van der Waals surface area contributed by atoms with Gasteiger partial charge in [0.05, 0.1) is 10.5 Å². The van der Waals surface area contributed by atoms with Crippen LogP contribution >= 0.6 is 15.9 Å². The maximum absolute atomic E-state index is 12.6. The summed E-state index contributed by atoms with van der Waals surface area (Å²) in [5.74, 6) is -1.09. The first-order valence-corrected chi connectivity index (χ1v) is 10.7. The Balaban J connectivity index is 1.70. The second-order valence-electron chi connectivity index (χ2n) is 6.12. The van der Waals surface area contributed by atoms with Crippen molar-refractivity contribution < 1.29 is 22.7 Å². The molecule has 0 aliphatic carbocycles. The zero-order valence-electron chi connectivity index (χ0n) is 14.4. The van der Waals surface area contributed by atoms with Gasteiger partial charge in [-0.2, -0.15) is 4.31 Å². The van der Waals surface area contributed by atoms with Crippen molar-refractivity contribution in [1.82, 2.24) is 4.31 Å². The lowest BCUT2D eigenvalue weighted by Crippen LogP contribution is -2.28. The molecule has 0 spiro atoms. The first-order valence-electron chi connectivity index (χ1n) is 8.44. The summed E-state index contributed by atoms with van der Waals surface area (Å²) in [6.07, 6.45) is 1.66. The fourth-order valence-corrected chi connectivity index (χ4v) is 4.91. The number of esters is 1. The minimum Gasteiger partial charge on any atom is -0.454 e. The third kappa shape index (κ3) is 4.45. The molecule has 1 aliphatic heterocycles. The Morgan fingerprint density at radius 1 is 1.04 bits per heavy atom. The molecule has 0 saturated carbocycles. The molecule has 0 unspecified atom stereocenters. The first kappa shape index (κ1) is 19.7. The monoisotopic (exact) mass is 451 g/mol. The SMILES string of the molecule is O=C(OCC(=O)c1ccccc1Br)c1cccc(S(=O)(=O)N2CCCC2)c1. The molecule has 1 fully saturated rings. The summed E-state index contributed by atoms with van der Waals surface area (Å²) in [6.45, 7) is 0.541. The van der Waals surface area contributed by atoms with Crippen LogP contribution < -0.4 is 0 Å². The second kappa shape index (κ2) is 8.33. The summed E-state index contributed by atoms with van der Waals surface area (Å²) in [5.41, 5.74) is 0.505. The van der Waals surface area contributed by atoms with E-state index in [1.54, 1.807) is 24.3 Å². The summed E-state index contributed by atoms with van der Waals surface area (Å²) in [7, 11) is -3.62. The molecule has 2 aromatic rings. The van der Waals surface area contributed by atoms with Crippen molar-refractivity contribution >= 4 is 37.7 Å². The van der Waals surface area contributed by atoms with Crippen LogP contribution in [0.2, 0.25) is 0 Å². The van der Waals surface area contributed by atoms with Crippen LogP contribution in [0.1, 0.15) is 33.6 Å². The molecule has 1 aliphatic rings. The summed E-state index contributed by atoms with van der Waals surface area (Å²) >= 11 is 3.28. The summed E-state index contributed by atoms with van der Waals surface area (Å²) in [6, 6.07) is 12.6. The molecule has 142 valence electrons. The van der Waals surface area contributed by atoms with Crippen LogP contribution in [0.25, 0.3) is 0 Å². The Labute approximate surface area is 166 Å². The predicted octanol–water partition coefficient (Wildman–Crippen LogP) is 3.27. The van der Waals surface area contributed by atoms with Gasteiger partial charge in [-0.05, 0) is 37.1 Å². The van der Waals surface area contributed by atoms with Gasteiger partial charge in [-0.25, -0.2) is 13.2 Å². The number of hydrogen-bond acceptors (Lipinski definition) is 5. The van der Waals surface area contributed by atoms with Gasteiger partial charge in [0.1, 0.15) is 0 Å². The Morgan fingerprint density at radius 2 is 1.74 bits per heavy atom. The Hall–Kier alpha value is -2.03. The van der Waals surface area contributed by atoms with E-state index in [2.05, 4.69) is 15.9 Å². The minimum absolute atomic E-state index is 0.0518. The van der Waals surface area contributed by atoms with E-state index >= 15 is 0 Å². The number of ether oxygens (including phenoxy) is 1. The molecule has 1 saturated heterocycles. The predicted molar refractivity (Wildman–Crippen MR) is 103 cm³/mol. The number of halogens is 1. The van der Waals surface area contributed by atoms with Crippen LogP contribution in [0, 0.1) is 0 Å². The smallest absolute Gasteiger partial charge is 0.338 e. The van der Waals surface area contributed by atoms with Gasteiger partial charge in [-0.1, -0.05) is 40.2 Å². The van der Waals surface area contributed by atoms with Crippen molar-refractivity contribution in [3.8, 4) is 0 Å². The number of sulfonamides is 1. The quantitative estimate of drug-likeness (QED) is 0.497. The van der Waals surface area contributed by atoms with Gasteiger partial charge < -0.3 is 4.74 Å². The number of rotatable bonds is 6. The van der Waals surface area contributed by atoms with Crippen molar-refractivity contribution in [3.05, 3.63) is 64.1 Å². The zero-order chi connectivity index (χ0) is 19.4. The average Bonchev–Trinajstić information content (AvgIpc) is 3.22. The molecule has 0 radical (unpaired) electrons. The van der Waals surface area contributed by atoms with E-state index in [-0.39, 0.29) is 16.2 Å². The molecule has 0 N–H and O–H groups in total. The number of ketones is 1. The molecule has 8 heteroatoms. The lowest BCUT2D eigenvalue weighted by atomic mass is 10.1. The maximum atomic E-state index is 12.6. The number of nitrogens with zero attached hydrogens (tertiary/aromatic N) is 1. The van der Waals surface area contributed by atoms with Crippen molar-refractivity contribution in [2.45, 2.75) is 17.7 Å². The molecular weight excluding hydrogens is 434 g/mol. The van der Waals surface area contributed by atoms with Gasteiger partial charge in [-0.15, -0.1) is 0 Å². The molecule has 3 rings (SSSR count). The Morgan fingerprint density at radius 3 is 2.44 bits per heavy atom. The van der Waals surface area contributed by atoms with Crippen LogP contribution in [0.4, 0.5) is 0 Å². The third-order valence-corrected chi connectivity index (χ3v) is 6.87. The molecule has 0 bridgehead atoms. The fraction of sp³-hybridized carbons (Fsp3) is 0.263. The lowest BCUT2D eigenvalue weighted by Gasteiger charge is -2.15. The van der Waals surface area contributed by atoms with Crippen molar-refractivity contribution in [2.24, 2.45) is 0 Å². The number of Topliss-reactive ketones (excluding diaryl/α,β-unsaturated/α-hetero) is 1. The van der Waals surface area contributed by atoms with Crippen LogP contribution in [-0.2, 0) is 14.8 Å². The van der Waals surface area contributed by atoms with Crippen LogP contribution in [0.5, 0.6) is 0 Å². The van der Waals surface area contributed by atoms with E-state index in [0.29, 0.717) is 23.1 Å². The van der Waals surface area contributed by atoms with Gasteiger partial charge in [0.25, 0.3) is 0 Å². The molecule has 1 heterocycles. The number of carbonyl (C=O) groups excluding carboxylic acids is 2. The molecule has 6 nitrogen and oxygen atoms in total. The van der Waals surface area contributed by atoms with E-state index in [1.165, 1.54) is 28.6 Å². The zero-order valence-corrected chi connectivity index (χ0v) is 16.8. The van der Waals surface area contributed by atoms with Gasteiger partial charge in [0.15, 0.2) is 6.61 Å². The minimum atomic E-state index is -3.62. The van der Waals surface area contributed by atoms with Crippen molar-refractivity contribution in [2.75, 3.05) is 19.7 Å². The maximum Gasteiger partial charge on any atom is 0.338 e. The average molecular weight is 452 g/mol. The summed E-state index contributed by atoms with van der Waals surface area (Å²) in [4.78, 5) is 24.5. The van der Waals surface area contributed by atoms with Crippen molar-refractivity contribution in [1.29, 1.82) is 0 Å². The van der Waals surface area contributed by atoms with Gasteiger partial charge in [0.2, 0.25) is 15.8 Å². The number of carbonyl (C=O) groups is 2. The summed E-state index contributed by atoms with van der Waals surface area (Å²) < 4.78 is 32.3. The molecule has 0 atom stereocenters.